The summed E-state index contributed by atoms with van der Waals surface area (Å²) in [5, 5.41) is 13.5. The van der Waals surface area contributed by atoms with Gasteiger partial charge >= 0.3 is 5.63 Å². The van der Waals surface area contributed by atoms with Crippen LogP contribution < -0.4 is 5.63 Å². The number of aromatic hydroxyl groups is 1. The van der Waals surface area contributed by atoms with Crippen molar-refractivity contribution in [2.75, 3.05) is 0 Å². The predicted molar refractivity (Wildman–Crippen MR) is 114 cm³/mol. The number of aryl methyl sites for hydroxylation is 1. The van der Waals surface area contributed by atoms with E-state index in [1.165, 1.54) is 36.6 Å². The van der Waals surface area contributed by atoms with Gasteiger partial charge in [0, 0.05) is 23.0 Å². The van der Waals surface area contributed by atoms with Gasteiger partial charge in [0.1, 0.15) is 28.4 Å². The molecule has 0 atom stereocenters. The molecule has 0 spiro atoms. The molecule has 0 unspecified atom stereocenters. The number of phenols is 1. The molecule has 0 aliphatic rings. The van der Waals surface area contributed by atoms with Gasteiger partial charge in [0.25, 0.3) is 0 Å². The maximum atomic E-state index is 12.5. The van der Waals surface area contributed by atoms with Crippen LogP contribution in [0, 0.1) is 0 Å². The molecule has 1 N–H and O–H groups in total. The molecule has 0 saturated carbocycles. The molecule has 0 aliphatic carbocycles. The van der Waals surface area contributed by atoms with Crippen LogP contribution >= 0.6 is 11.3 Å². The molecule has 0 saturated heterocycles. The molecule has 6 nitrogen and oxygen atoms in total. The highest BCUT2D eigenvalue weighted by Gasteiger charge is 2.15. The zero-order valence-corrected chi connectivity index (χ0v) is 16.9. The van der Waals surface area contributed by atoms with Crippen molar-refractivity contribution >= 4 is 22.3 Å². The van der Waals surface area contributed by atoms with Gasteiger partial charge in [-0.1, -0.05) is 26.2 Å². The van der Waals surface area contributed by atoms with Crippen LogP contribution in [0.1, 0.15) is 38.2 Å². The van der Waals surface area contributed by atoms with Crippen LogP contribution in [0.25, 0.3) is 32.9 Å². The third-order valence-electron chi connectivity index (χ3n) is 4.81. The summed E-state index contributed by atoms with van der Waals surface area (Å²) in [7, 11) is 0. The summed E-state index contributed by atoms with van der Waals surface area (Å²) in [4.78, 5) is 25.2. The van der Waals surface area contributed by atoms with Crippen LogP contribution in [-0.2, 0) is 6.42 Å². The SMILES string of the molecule is CCCCCCc1cc2cc(-c3nc(-c4ccncn4)cs3)c(=O)oc2cc1O. The summed E-state index contributed by atoms with van der Waals surface area (Å²) in [5.74, 6) is 0.171. The summed E-state index contributed by atoms with van der Waals surface area (Å²) < 4.78 is 5.47. The van der Waals surface area contributed by atoms with Crippen molar-refractivity contribution in [3.8, 4) is 27.7 Å². The fraction of sp³-hybridized carbons (Fsp3) is 0.273. The molecule has 4 aromatic rings. The van der Waals surface area contributed by atoms with E-state index in [-0.39, 0.29) is 5.75 Å². The fourth-order valence-electron chi connectivity index (χ4n) is 3.25. The Labute approximate surface area is 171 Å². The fourth-order valence-corrected chi connectivity index (χ4v) is 4.07. The summed E-state index contributed by atoms with van der Waals surface area (Å²) in [6.45, 7) is 2.17. The van der Waals surface area contributed by atoms with Gasteiger partial charge in [-0.05, 0) is 36.6 Å². The van der Waals surface area contributed by atoms with E-state index in [0.717, 1.165) is 30.2 Å². The number of rotatable bonds is 7. The Hall–Kier alpha value is -3.06. The lowest BCUT2D eigenvalue weighted by Gasteiger charge is -2.07. The van der Waals surface area contributed by atoms with E-state index in [9.17, 15) is 9.90 Å². The van der Waals surface area contributed by atoms with E-state index in [0.29, 0.717) is 27.5 Å². The molecular weight excluding hydrogens is 386 g/mol. The highest BCUT2D eigenvalue weighted by molar-refractivity contribution is 7.13. The quantitative estimate of drug-likeness (QED) is 0.334. The third-order valence-corrected chi connectivity index (χ3v) is 5.69. The molecule has 148 valence electrons. The van der Waals surface area contributed by atoms with Crippen LogP contribution in [0.15, 0.2) is 51.4 Å². The molecule has 3 heterocycles. The topological polar surface area (TPSA) is 89.1 Å². The number of thiazole rings is 1. The molecule has 4 rings (SSSR count). The van der Waals surface area contributed by atoms with Crippen LogP contribution in [0.2, 0.25) is 0 Å². The van der Waals surface area contributed by atoms with Crippen molar-refractivity contribution < 1.29 is 9.52 Å². The normalized spacial score (nSPS) is 11.2. The van der Waals surface area contributed by atoms with Gasteiger partial charge in [0.15, 0.2) is 0 Å². The lowest BCUT2D eigenvalue weighted by Crippen LogP contribution is -2.03. The highest BCUT2D eigenvalue weighted by atomic mass is 32.1. The van der Waals surface area contributed by atoms with E-state index < -0.39 is 5.63 Å². The van der Waals surface area contributed by atoms with Crippen LogP contribution in [-0.4, -0.2) is 20.1 Å². The van der Waals surface area contributed by atoms with Crippen molar-refractivity contribution in [1.82, 2.24) is 15.0 Å². The van der Waals surface area contributed by atoms with E-state index in [4.69, 9.17) is 4.42 Å². The molecule has 0 radical (unpaired) electrons. The van der Waals surface area contributed by atoms with Gasteiger partial charge in [-0.3, -0.25) is 0 Å². The Morgan fingerprint density at radius 1 is 1.14 bits per heavy atom. The van der Waals surface area contributed by atoms with E-state index >= 15 is 0 Å². The minimum Gasteiger partial charge on any atom is -0.508 e. The maximum absolute atomic E-state index is 12.5. The number of unbranched alkanes of at least 4 members (excludes halogenated alkanes) is 3. The van der Waals surface area contributed by atoms with Gasteiger partial charge in [-0.2, -0.15) is 0 Å². The van der Waals surface area contributed by atoms with Gasteiger partial charge in [-0.25, -0.2) is 19.7 Å². The molecule has 29 heavy (non-hydrogen) atoms. The highest BCUT2D eigenvalue weighted by Crippen LogP contribution is 2.31. The van der Waals surface area contributed by atoms with Crippen molar-refractivity contribution in [3.05, 3.63) is 58.2 Å². The lowest BCUT2D eigenvalue weighted by molar-refractivity contribution is 0.464. The van der Waals surface area contributed by atoms with Crippen molar-refractivity contribution in [2.45, 2.75) is 39.0 Å². The Kier molecular flexibility index (Phi) is 5.67. The maximum Gasteiger partial charge on any atom is 0.346 e. The minimum absolute atomic E-state index is 0.171. The average Bonchev–Trinajstić information content (AvgIpc) is 3.22. The first-order valence-corrected chi connectivity index (χ1v) is 10.6. The van der Waals surface area contributed by atoms with Gasteiger partial charge in [-0.15, -0.1) is 11.3 Å². The molecule has 0 bridgehead atoms. The molecule has 3 aromatic heterocycles. The standard InChI is InChI=1S/C22H21N3O3S/c1-2-3-4-5-6-14-9-15-10-16(22(27)28-20(15)11-19(14)26)21-25-18(12-29-21)17-7-8-23-13-24-17/h7-13,26H,2-6H2,1H3. The van der Waals surface area contributed by atoms with Gasteiger partial charge < -0.3 is 9.52 Å². The predicted octanol–water partition coefficient (Wildman–Crippen LogP) is 5.20. The number of nitrogens with zero attached hydrogens (tertiary/aromatic N) is 3. The van der Waals surface area contributed by atoms with E-state index in [2.05, 4.69) is 21.9 Å². The average molecular weight is 407 g/mol. The molecule has 7 heteroatoms. The summed E-state index contributed by atoms with van der Waals surface area (Å²) in [6, 6.07) is 7.00. The minimum atomic E-state index is -0.476. The second-order valence-electron chi connectivity index (χ2n) is 6.91. The second kappa shape index (κ2) is 8.53. The first kappa shape index (κ1) is 19.3. The summed E-state index contributed by atoms with van der Waals surface area (Å²) in [5.41, 5.74) is 2.57. The van der Waals surface area contributed by atoms with Crippen LogP contribution in [0.4, 0.5) is 0 Å². The number of hydrogen-bond acceptors (Lipinski definition) is 7. The summed E-state index contributed by atoms with van der Waals surface area (Å²) in [6.07, 6.45) is 8.42. The molecule has 0 aliphatic heterocycles. The molecule has 0 amide bonds. The zero-order chi connectivity index (χ0) is 20.2. The zero-order valence-electron chi connectivity index (χ0n) is 16.1. The third kappa shape index (κ3) is 4.19. The number of aromatic nitrogens is 3. The first-order chi connectivity index (χ1) is 14.2. The molecule has 0 fully saturated rings. The Balaban J connectivity index is 1.68. The van der Waals surface area contributed by atoms with Gasteiger partial charge in [0.05, 0.1) is 11.3 Å². The lowest BCUT2D eigenvalue weighted by atomic mass is 10.0. The Bertz CT molecular complexity index is 1190. The number of hydrogen-bond donors (Lipinski definition) is 1. The molecular formula is C22H21N3O3S. The van der Waals surface area contributed by atoms with E-state index in [1.54, 1.807) is 18.3 Å². The monoisotopic (exact) mass is 407 g/mol. The number of benzene rings is 1. The second-order valence-corrected chi connectivity index (χ2v) is 7.77. The first-order valence-electron chi connectivity index (χ1n) is 9.67. The number of phenolic OH excluding ortho intramolecular Hbond substituents is 1. The van der Waals surface area contributed by atoms with Crippen molar-refractivity contribution in [2.24, 2.45) is 0 Å². The largest absolute Gasteiger partial charge is 0.508 e. The van der Waals surface area contributed by atoms with Crippen LogP contribution in [0.3, 0.4) is 0 Å². The number of fused-ring (bicyclic) bond motifs is 1. The van der Waals surface area contributed by atoms with E-state index in [1.807, 2.05) is 11.4 Å². The summed E-state index contributed by atoms with van der Waals surface area (Å²) >= 11 is 1.37. The smallest absolute Gasteiger partial charge is 0.346 e. The van der Waals surface area contributed by atoms with Crippen molar-refractivity contribution in [1.29, 1.82) is 0 Å². The Morgan fingerprint density at radius 2 is 2.03 bits per heavy atom. The van der Waals surface area contributed by atoms with Crippen molar-refractivity contribution in [3.63, 3.8) is 0 Å². The van der Waals surface area contributed by atoms with Gasteiger partial charge in [0.2, 0.25) is 0 Å². The molecule has 1 aromatic carbocycles. The van der Waals surface area contributed by atoms with Crippen LogP contribution in [0.5, 0.6) is 5.75 Å². The Morgan fingerprint density at radius 3 is 2.83 bits per heavy atom.